The van der Waals surface area contributed by atoms with E-state index in [4.69, 9.17) is 11.6 Å². The molecule has 1 amide bonds. The third kappa shape index (κ3) is 2.55. The molecule has 0 unspecified atom stereocenters. The van der Waals surface area contributed by atoms with Crippen molar-refractivity contribution >= 4 is 34.7 Å². The molecular weight excluding hydrogens is 232 g/mol. The highest BCUT2D eigenvalue weighted by Gasteiger charge is 2.06. The van der Waals surface area contributed by atoms with Crippen molar-refractivity contribution in [2.24, 2.45) is 0 Å². The lowest BCUT2D eigenvalue weighted by atomic mass is 10.3. The summed E-state index contributed by atoms with van der Waals surface area (Å²) >= 11 is 7.24. The molecule has 0 spiro atoms. The van der Waals surface area contributed by atoms with Gasteiger partial charge < -0.3 is 5.32 Å². The Morgan fingerprint density at radius 2 is 2.33 bits per heavy atom. The van der Waals surface area contributed by atoms with Gasteiger partial charge in [0.05, 0.1) is 5.56 Å². The lowest BCUT2D eigenvalue weighted by Crippen LogP contribution is -2.11. The Hall–Kier alpha value is -1.39. The van der Waals surface area contributed by atoms with E-state index in [1.807, 2.05) is 5.38 Å². The molecule has 0 aliphatic carbocycles. The molecule has 0 aliphatic rings. The SMILES string of the molecule is O=C(Nc1cc(Cl)ccn1)c1ccsc1. The number of carbonyl (C=O) groups excluding carboxylic acids is 1. The molecule has 0 aliphatic heterocycles. The second kappa shape index (κ2) is 4.42. The van der Waals surface area contributed by atoms with Crippen LogP contribution in [0.25, 0.3) is 0 Å². The van der Waals surface area contributed by atoms with Gasteiger partial charge in [-0.25, -0.2) is 4.98 Å². The smallest absolute Gasteiger partial charge is 0.257 e. The average molecular weight is 239 g/mol. The summed E-state index contributed by atoms with van der Waals surface area (Å²) in [5, 5.41) is 6.83. The highest BCUT2D eigenvalue weighted by atomic mass is 35.5. The molecule has 2 rings (SSSR count). The number of halogens is 1. The van der Waals surface area contributed by atoms with Crippen molar-refractivity contribution in [2.45, 2.75) is 0 Å². The molecule has 5 heteroatoms. The number of pyridine rings is 1. The molecule has 0 saturated carbocycles. The topological polar surface area (TPSA) is 42.0 Å². The first-order valence-electron chi connectivity index (χ1n) is 4.21. The van der Waals surface area contributed by atoms with Crippen molar-refractivity contribution in [3.05, 3.63) is 45.7 Å². The molecule has 2 aromatic heterocycles. The zero-order valence-electron chi connectivity index (χ0n) is 7.61. The number of nitrogens with one attached hydrogen (secondary N) is 1. The summed E-state index contributed by atoms with van der Waals surface area (Å²) in [6, 6.07) is 5.01. The van der Waals surface area contributed by atoms with Crippen LogP contribution in [0.5, 0.6) is 0 Å². The summed E-state index contributed by atoms with van der Waals surface area (Å²) in [4.78, 5) is 15.6. The van der Waals surface area contributed by atoms with E-state index in [1.165, 1.54) is 11.3 Å². The molecule has 0 radical (unpaired) electrons. The molecule has 2 heterocycles. The average Bonchev–Trinajstić information content (AvgIpc) is 2.70. The van der Waals surface area contributed by atoms with Gasteiger partial charge in [-0.05, 0) is 23.6 Å². The van der Waals surface area contributed by atoms with Crippen molar-refractivity contribution in [3.8, 4) is 0 Å². The minimum Gasteiger partial charge on any atom is -0.306 e. The number of hydrogen-bond donors (Lipinski definition) is 1. The molecule has 1 N–H and O–H groups in total. The van der Waals surface area contributed by atoms with Crippen molar-refractivity contribution in [1.82, 2.24) is 4.98 Å². The highest BCUT2D eigenvalue weighted by molar-refractivity contribution is 7.08. The van der Waals surface area contributed by atoms with E-state index in [0.717, 1.165) is 0 Å². The van der Waals surface area contributed by atoms with Gasteiger partial charge in [0.1, 0.15) is 5.82 Å². The molecule has 3 nitrogen and oxygen atoms in total. The number of thiophene rings is 1. The van der Waals surface area contributed by atoms with E-state index < -0.39 is 0 Å². The van der Waals surface area contributed by atoms with Gasteiger partial charge in [0.15, 0.2) is 0 Å². The summed E-state index contributed by atoms with van der Waals surface area (Å²) < 4.78 is 0. The van der Waals surface area contributed by atoms with Gasteiger partial charge in [-0.2, -0.15) is 11.3 Å². The molecule has 0 saturated heterocycles. The second-order valence-corrected chi connectivity index (χ2v) is 4.04. The van der Waals surface area contributed by atoms with Crippen LogP contribution in [0.3, 0.4) is 0 Å². The van der Waals surface area contributed by atoms with E-state index in [9.17, 15) is 4.79 Å². The fraction of sp³-hybridized carbons (Fsp3) is 0. The lowest BCUT2D eigenvalue weighted by Gasteiger charge is -2.02. The number of rotatable bonds is 2. The first-order chi connectivity index (χ1) is 7.25. The van der Waals surface area contributed by atoms with Crippen LogP contribution >= 0.6 is 22.9 Å². The van der Waals surface area contributed by atoms with Gasteiger partial charge in [-0.3, -0.25) is 4.79 Å². The maximum Gasteiger partial charge on any atom is 0.257 e. The molecule has 0 atom stereocenters. The summed E-state index contributed by atoms with van der Waals surface area (Å²) in [6.07, 6.45) is 1.55. The number of hydrogen-bond acceptors (Lipinski definition) is 3. The van der Waals surface area contributed by atoms with Crippen LogP contribution in [-0.4, -0.2) is 10.9 Å². The predicted octanol–water partition coefficient (Wildman–Crippen LogP) is 3.05. The fourth-order valence-electron chi connectivity index (χ4n) is 1.06. The van der Waals surface area contributed by atoms with Crippen LogP contribution in [0.4, 0.5) is 5.82 Å². The number of carbonyl (C=O) groups is 1. The fourth-order valence-corrected chi connectivity index (χ4v) is 1.85. The monoisotopic (exact) mass is 238 g/mol. The standard InChI is InChI=1S/C10H7ClN2OS/c11-8-1-3-12-9(5-8)13-10(14)7-2-4-15-6-7/h1-6H,(H,12,13,14). The van der Waals surface area contributed by atoms with E-state index >= 15 is 0 Å². The lowest BCUT2D eigenvalue weighted by molar-refractivity contribution is 0.102. The Balaban J connectivity index is 2.13. The van der Waals surface area contributed by atoms with E-state index in [2.05, 4.69) is 10.3 Å². The largest absolute Gasteiger partial charge is 0.306 e. The molecule has 76 valence electrons. The van der Waals surface area contributed by atoms with Crippen molar-refractivity contribution < 1.29 is 4.79 Å². The number of anilines is 1. The van der Waals surface area contributed by atoms with Gasteiger partial charge in [-0.15, -0.1) is 0 Å². The number of amides is 1. The van der Waals surface area contributed by atoms with Gasteiger partial charge in [0.2, 0.25) is 0 Å². The van der Waals surface area contributed by atoms with Gasteiger partial charge >= 0.3 is 0 Å². The zero-order chi connectivity index (χ0) is 10.7. The molecule has 0 bridgehead atoms. The van der Waals surface area contributed by atoms with E-state index in [1.54, 1.807) is 29.8 Å². The Labute approximate surface area is 95.7 Å². The van der Waals surface area contributed by atoms with Crippen molar-refractivity contribution in [2.75, 3.05) is 5.32 Å². The summed E-state index contributed by atoms with van der Waals surface area (Å²) in [7, 11) is 0. The number of nitrogens with zero attached hydrogens (tertiary/aromatic N) is 1. The van der Waals surface area contributed by atoms with Crippen LogP contribution in [0.1, 0.15) is 10.4 Å². The summed E-state index contributed by atoms with van der Waals surface area (Å²) in [6.45, 7) is 0. The first-order valence-corrected chi connectivity index (χ1v) is 5.53. The molecule has 0 aromatic carbocycles. The van der Waals surface area contributed by atoms with Crippen molar-refractivity contribution in [3.63, 3.8) is 0 Å². The maximum absolute atomic E-state index is 11.6. The third-order valence-electron chi connectivity index (χ3n) is 1.75. The molecular formula is C10H7ClN2OS. The van der Waals surface area contributed by atoms with Crippen LogP contribution in [-0.2, 0) is 0 Å². The highest BCUT2D eigenvalue weighted by Crippen LogP contribution is 2.13. The van der Waals surface area contributed by atoms with E-state index in [0.29, 0.717) is 16.4 Å². The predicted molar refractivity (Wildman–Crippen MR) is 61.5 cm³/mol. The normalized spacial score (nSPS) is 9.93. The van der Waals surface area contributed by atoms with Gasteiger partial charge in [0.25, 0.3) is 5.91 Å². The first kappa shape index (κ1) is 10.1. The van der Waals surface area contributed by atoms with Crippen LogP contribution in [0.15, 0.2) is 35.2 Å². The Morgan fingerprint density at radius 3 is 3.00 bits per heavy atom. The Kier molecular flexibility index (Phi) is 2.99. The third-order valence-corrected chi connectivity index (χ3v) is 2.67. The van der Waals surface area contributed by atoms with Gasteiger partial charge in [0, 0.05) is 16.6 Å². The Bertz CT molecular complexity index is 470. The molecule has 0 fully saturated rings. The summed E-state index contributed by atoms with van der Waals surface area (Å²) in [5.74, 6) is 0.282. The maximum atomic E-state index is 11.6. The second-order valence-electron chi connectivity index (χ2n) is 2.83. The van der Waals surface area contributed by atoms with Crippen molar-refractivity contribution in [1.29, 1.82) is 0 Å². The molecule has 2 aromatic rings. The van der Waals surface area contributed by atoms with Gasteiger partial charge in [-0.1, -0.05) is 11.6 Å². The zero-order valence-corrected chi connectivity index (χ0v) is 9.18. The van der Waals surface area contributed by atoms with Crippen LogP contribution in [0, 0.1) is 0 Å². The minimum absolute atomic E-state index is 0.175. The van der Waals surface area contributed by atoms with E-state index in [-0.39, 0.29) is 5.91 Å². The quantitative estimate of drug-likeness (QED) is 0.874. The van der Waals surface area contributed by atoms with Crippen LogP contribution < -0.4 is 5.32 Å². The summed E-state index contributed by atoms with van der Waals surface area (Å²) in [5.41, 5.74) is 0.627. The minimum atomic E-state index is -0.175. The Morgan fingerprint density at radius 1 is 1.47 bits per heavy atom. The van der Waals surface area contributed by atoms with Crippen LogP contribution in [0.2, 0.25) is 5.02 Å². The molecule has 15 heavy (non-hydrogen) atoms. The number of aromatic nitrogens is 1.